The third-order valence-corrected chi connectivity index (χ3v) is 4.49. The normalized spacial score (nSPS) is 11.2. The van der Waals surface area contributed by atoms with E-state index in [4.69, 9.17) is 0 Å². The number of carbonyl (C=O) groups excluding carboxylic acids is 1. The van der Waals surface area contributed by atoms with Crippen molar-refractivity contribution in [1.82, 2.24) is 19.9 Å². The molecule has 0 spiro atoms. The Labute approximate surface area is 167 Å². The zero-order valence-corrected chi connectivity index (χ0v) is 16.1. The van der Waals surface area contributed by atoms with Crippen molar-refractivity contribution in [1.29, 1.82) is 0 Å². The number of pyridine rings is 2. The van der Waals surface area contributed by atoms with Crippen molar-refractivity contribution >= 4 is 22.8 Å². The summed E-state index contributed by atoms with van der Waals surface area (Å²) in [7, 11) is 3.66. The highest BCUT2D eigenvalue weighted by molar-refractivity contribution is 6.03. The highest BCUT2D eigenvalue weighted by atomic mass is 19.1. The maximum Gasteiger partial charge on any atom is 0.239 e. The van der Waals surface area contributed by atoms with Gasteiger partial charge in [-0.1, -0.05) is 0 Å². The third kappa shape index (κ3) is 4.00. The summed E-state index contributed by atoms with van der Waals surface area (Å²) >= 11 is 0. The number of fused-ring (bicyclic) bond motifs is 1. The minimum atomic E-state index is -0.292. The molecule has 3 aromatic heterocycles. The largest absolute Gasteiger partial charge is 0.339 e. The number of anilines is 1. The van der Waals surface area contributed by atoms with Gasteiger partial charge in [0.05, 0.1) is 12.2 Å². The molecule has 29 heavy (non-hydrogen) atoms. The molecule has 0 fully saturated rings. The molecular weight excluding hydrogens is 369 g/mol. The Morgan fingerprint density at radius 3 is 2.45 bits per heavy atom. The molecule has 0 atom stereocenters. The average molecular weight is 389 g/mol. The first kappa shape index (κ1) is 18.8. The Balaban J connectivity index is 1.82. The number of hydrogen-bond acceptors (Lipinski definition) is 4. The fourth-order valence-electron chi connectivity index (χ4n) is 3.26. The zero-order chi connectivity index (χ0) is 20.4. The van der Waals surface area contributed by atoms with Crippen LogP contribution in [-0.4, -0.2) is 46.4 Å². The molecule has 0 radical (unpaired) electrons. The molecule has 1 amide bonds. The molecule has 4 rings (SSSR count). The van der Waals surface area contributed by atoms with Crippen molar-refractivity contribution in [2.24, 2.45) is 0 Å². The van der Waals surface area contributed by atoms with Gasteiger partial charge in [-0.15, -0.1) is 0 Å². The molecule has 0 bridgehead atoms. The second kappa shape index (κ2) is 7.81. The number of nitrogens with one attached hydrogen (secondary N) is 2. The predicted molar refractivity (Wildman–Crippen MR) is 112 cm³/mol. The van der Waals surface area contributed by atoms with Crippen molar-refractivity contribution in [2.45, 2.75) is 0 Å². The van der Waals surface area contributed by atoms with E-state index in [1.807, 2.05) is 32.3 Å². The number of nitrogens with zero attached hydrogens (tertiary/aromatic N) is 3. The number of carbonyl (C=O) groups is 1. The van der Waals surface area contributed by atoms with Gasteiger partial charge in [-0.3, -0.25) is 9.78 Å². The molecule has 0 saturated heterocycles. The number of likely N-dealkylation sites (N-methyl/N-ethyl adjacent to an activating group) is 1. The number of aromatic amines is 1. The number of benzene rings is 1. The first-order valence-electron chi connectivity index (χ1n) is 9.15. The van der Waals surface area contributed by atoms with Crippen molar-refractivity contribution in [3.05, 3.63) is 66.7 Å². The highest BCUT2D eigenvalue weighted by Crippen LogP contribution is 2.38. The molecule has 0 unspecified atom stereocenters. The fraction of sp³-hybridized carbons (Fsp3) is 0.136. The van der Waals surface area contributed by atoms with Gasteiger partial charge >= 0.3 is 0 Å². The van der Waals surface area contributed by atoms with E-state index >= 15 is 0 Å². The summed E-state index contributed by atoms with van der Waals surface area (Å²) in [6, 6.07) is 13.9. The van der Waals surface area contributed by atoms with Gasteiger partial charge in [-0.05, 0) is 73.8 Å². The van der Waals surface area contributed by atoms with Gasteiger partial charge in [-0.2, -0.15) is 0 Å². The van der Waals surface area contributed by atoms with Crippen LogP contribution in [0, 0.1) is 5.82 Å². The first-order chi connectivity index (χ1) is 14.0. The topological polar surface area (TPSA) is 73.9 Å². The summed E-state index contributed by atoms with van der Waals surface area (Å²) in [6.45, 7) is 0.271. The van der Waals surface area contributed by atoms with E-state index in [1.165, 1.54) is 12.1 Å². The smallest absolute Gasteiger partial charge is 0.239 e. The van der Waals surface area contributed by atoms with E-state index in [0.717, 1.165) is 27.8 Å². The van der Waals surface area contributed by atoms with Gasteiger partial charge in [0.1, 0.15) is 17.3 Å². The number of rotatable bonds is 5. The minimum absolute atomic E-state index is 0.137. The van der Waals surface area contributed by atoms with Gasteiger partial charge < -0.3 is 15.2 Å². The molecule has 6 nitrogen and oxygen atoms in total. The minimum Gasteiger partial charge on any atom is -0.339 e. The lowest BCUT2D eigenvalue weighted by atomic mass is 10.00. The Bertz CT molecular complexity index is 1150. The molecule has 0 aliphatic heterocycles. The van der Waals surface area contributed by atoms with E-state index < -0.39 is 0 Å². The summed E-state index contributed by atoms with van der Waals surface area (Å²) in [6.07, 6.45) is 3.46. The third-order valence-electron chi connectivity index (χ3n) is 4.49. The Morgan fingerprint density at radius 2 is 1.76 bits per heavy atom. The maximum atomic E-state index is 13.4. The van der Waals surface area contributed by atoms with Gasteiger partial charge in [0.2, 0.25) is 5.91 Å². The van der Waals surface area contributed by atoms with Crippen molar-refractivity contribution in [2.75, 3.05) is 26.0 Å². The Kier molecular flexibility index (Phi) is 5.05. The first-order valence-corrected chi connectivity index (χ1v) is 9.15. The average Bonchev–Trinajstić information content (AvgIpc) is 3.07. The molecule has 146 valence electrons. The number of amides is 1. The van der Waals surface area contributed by atoms with Crippen LogP contribution >= 0.6 is 0 Å². The molecule has 3 heterocycles. The van der Waals surface area contributed by atoms with Crippen LogP contribution in [0.2, 0.25) is 0 Å². The van der Waals surface area contributed by atoms with E-state index in [0.29, 0.717) is 11.5 Å². The standard InChI is InChI=1S/C22H20FN5O/c1-28(2)13-19(29)25-18-8-7-17-20(14-9-11-24-12-10-14)21(27-22(17)26-18)15-3-5-16(23)6-4-15/h3-12H,13H2,1-2H3,(H2,25,26,27,29). The summed E-state index contributed by atoms with van der Waals surface area (Å²) in [5.41, 5.74) is 4.23. The molecule has 0 aliphatic carbocycles. The van der Waals surface area contributed by atoms with Crippen LogP contribution in [0.25, 0.3) is 33.4 Å². The van der Waals surface area contributed by atoms with Gasteiger partial charge in [0.25, 0.3) is 0 Å². The second-order valence-corrected chi connectivity index (χ2v) is 7.00. The summed E-state index contributed by atoms with van der Waals surface area (Å²) < 4.78 is 13.4. The van der Waals surface area contributed by atoms with E-state index in [1.54, 1.807) is 35.5 Å². The van der Waals surface area contributed by atoms with Crippen LogP contribution in [0.5, 0.6) is 0 Å². The monoisotopic (exact) mass is 389 g/mol. The molecule has 1 aromatic carbocycles. The molecule has 0 aliphatic rings. The van der Waals surface area contributed by atoms with Gasteiger partial charge in [0.15, 0.2) is 0 Å². The van der Waals surface area contributed by atoms with Crippen LogP contribution in [0.3, 0.4) is 0 Å². The maximum absolute atomic E-state index is 13.4. The molecule has 7 heteroatoms. The Hall–Kier alpha value is -3.58. The number of aromatic nitrogens is 3. The van der Waals surface area contributed by atoms with E-state index in [2.05, 4.69) is 20.3 Å². The van der Waals surface area contributed by atoms with Crippen LogP contribution in [0.15, 0.2) is 60.9 Å². The van der Waals surface area contributed by atoms with Crippen LogP contribution < -0.4 is 5.32 Å². The predicted octanol–water partition coefficient (Wildman–Crippen LogP) is 3.93. The molecule has 2 N–H and O–H groups in total. The molecule has 4 aromatic rings. The fourth-order valence-corrected chi connectivity index (χ4v) is 3.26. The second-order valence-electron chi connectivity index (χ2n) is 7.00. The van der Waals surface area contributed by atoms with Crippen LogP contribution in [0.1, 0.15) is 0 Å². The lowest BCUT2D eigenvalue weighted by Gasteiger charge is -2.09. The van der Waals surface area contributed by atoms with Crippen molar-refractivity contribution in [3.63, 3.8) is 0 Å². The number of halogens is 1. The van der Waals surface area contributed by atoms with Gasteiger partial charge in [-0.25, -0.2) is 9.37 Å². The van der Waals surface area contributed by atoms with E-state index in [-0.39, 0.29) is 18.3 Å². The summed E-state index contributed by atoms with van der Waals surface area (Å²) in [5.74, 6) is 0.0402. The van der Waals surface area contributed by atoms with Gasteiger partial charge in [0, 0.05) is 23.3 Å². The lowest BCUT2D eigenvalue weighted by Crippen LogP contribution is -2.27. The zero-order valence-electron chi connectivity index (χ0n) is 16.1. The lowest BCUT2D eigenvalue weighted by molar-refractivity contribution is -0.116. The highest BCUT2D eigenvalue weighted by Gasteiger charge is 2.17. The molecule has 0 saturated carbocycles. The number of hydrogen-bond donors (Lipinski definition) is 2. The van der Waals surface area contributed by atoms with E-state index in [9.17, 15) is 9.18 Å². The van der Waals surface area contributed by atoms with Crippen molar-refractivity contribution < 1.29 is 9.18 Å². The summed E-state index contributed by atoms with van der Waals surface area (Å²) in [4.78, 5) is 25.9. The quantitative estimate of drug-likeness (QED) is 0.542. The SMILES string of the molecule is CN(C)CC(=O)Nc1ccc2c(-c3ccncc3)c(-c3ccc(F)cc3)[nH]c2n1. The Morgan fingerprint density at radius 1 is 1.03 bits per heavy atom. The van der Waals surface area contributed by atoms with Crippen LogP contribution in [-0.2, 0) is 4.79 Å². The molecular formula is C22H20FN5O. The number of H-pyrrole nitrogens is 1. The van der Waals surface area contributed by atoms with Crippen molar-refractivity contribution in [3.8, 4) is 22.4 Å². The van der Waals surface area contributed by atoms with Crippen LogP contribution in [0.4, 0.5) is 10.2 Å². The summed E-state index contributed by atoms with van der Waals surface area (Å²) in [5, 5.41) is 3.71.